The summed E-state index contributed by atoms with van der Waals surface area (Å²) in [6.07, 6.45) is 2.11. The van der Waals surface area contributed by atoms with Gasteiger partial charge in [-0.1, -0.05) is 20.8 Å². The van der Waals surface area contributed by atoms with Crippen LogP contribution >= 0.6 is 0 Å². The van der Waals surface area contributed by atoms with Gasteiger partial charge >= 0.3 is 5.97 Å². The van der Waals surface area contributed by atoms with Crippen LogP contribution in [-0.4, -0.2) is 53.5 Å². The Morgan fingerprint density at radius 3 is 2.88 bits per heavy atom. The summed E-state index contributed by atoms with van der Waals surface area (Å²) < 4.78 is 24.0. The molecular weight excluding hydrogens is 336 g/mol. The highest BCUT2D eigenvalue weighted by Gasteiger charge is 2.94. The van der Waals surface area contributed by atoms with Crippen LogP contribution in [0.4, 0.5) is 0 Å². The number of ether oxygens (including phenoxy) is 4. The lowest BCUT2D eigenvalue weighted by Gasteiger charge is -2.53. The van der Waals surface area contributed by atoms with E-state index in [0.29, 0.717) is 12.5 Å². The zero-order chi connectivity index (χ0) is 18.1. The molecule has 0 unspecified atom stereocenters. The third kappa shape index (κ3) is 1.51. The minimum absolute atomic E-state index is 0.0359. The fourth-order valence-corrected chi connectivity index (χ4v) is 6.88. The van der Waals surface area contributed by atoms with Crippen molar-refractivity contribution in [1.29, 1.82) is 0 Å². The average molecular weight is 362 g/mol. The lowest BCUT2D eigenvalue weighted by molar-refractivity contribution is -0.222. The minimum atomic E-state index is -0.940. The van der Waals surface area contributed by atoms with E-state index >= 15 is 0 Å². The smallest absolute Gasteiger partial charge is 0.334 e. The Morgan fingerprint density at radius 1 is 1.31 bits per heavy atom. The van der Waals surface area contributed by atoms with E-state index in [9.17, 15) is 9.90 Å². The van der Waals surface area contributed by atoms with E-state index in [0.717, 1.165) is 36.8 Å². The van der Waals surface area contributed by atoms with Crippen LogP contribution in [0, 0.1) is 17.3 Å². The van der Waals surface area contributed by atoms with E-state index < -0.39 is 17.5 Å². The fraction of sp³-hybridized carbons (Fsp3) is 0.850. The quantitative estimate of drug-likeness (QED) is 0.595. The summed E-state index contributed by atoms with van der Waals surface area (Å²) in [5.74, 6) is 0.534. The number of hydrogen-bond donors (Lipinski definition) is 1. The van der Waals surface area contributed by atoms with Crippen LogP contribution in [0.2, 0.25) is 0 Å². The number of carbonyl (C=O) groups is 1. The molecule has 26 heavy (non-hydrogen) atoms. The molecule has 4 fully saturated rings. The summed E-state index contributed by atoms with van der Waals surface area (Å²) >= 11 is 0. The topological polar surface area (TPSA) is 80.8 Å². The first kappa shape index (κ1) is 16.0. The Kier molecular flexibility index (Phi) is 2.80. The number of rotatable bonds is 2. The lowest BCUT2D eigenvalue weighted by atomic mass is 9.49. The zero-order valence-electron chi connectivity index (χ0n) is 15.5. The third-order valence-corrected chi connectivity index (χ3v) is 8.08. The molecule has 2 spiro atoms. The highest BCUT2D eigenvalue weighted by molar-refractivity contribution is 5.92. The van der Waals surface area contributed by atoms with Crippen LogP contribution in [-0.2, 0) is 23.7 Å². The maximum absolute atomic E-state index is 12.1. The molecule has 4 aliphatic heterocycles. The van der Waals surface area contributed by atoms with Gasteiger partial charge in [0.2, 0.25) is 0 Å². The number of aliphatic hydroxyl groups is 1. The van der Waals surface area contributed by atoms with Crippen molar-refractivity contribution in [3.05, 3.63) is 11.1 Å². The summed E-state index contributed by atoms with van der Waals surface area (Å²) in [5, 5.41) is 10.9. The molecule has 3 saturated heterocycles. The Hall–Kier alpha value is -0.950. The van der Waals surface area contributed by atoms with E-state index in [1.165, 1.54) is 0 Å². The van der Waals surface area contributed by atoms with E-state index in [-0.39, 0.29) is 35.6 Å². The van der Waals surface area contributed by atoms with Crippen LogP contribution in [0.25, 0.3) is 0 Å². The van der Waals surface area contributed by atoms with Crippen molar-refractivity contribution in [1.82, 2.24) is 0 Å². The zero-order valence-corrected chi connectivity index (χ0v) is 15.5. The average Bonchev–Trinajstić information content (AvgIpc) is 3.45. The summed E-state index contributed by atoms with van der Waals surface area (Å²) in [6.45, 7) is 7.00. The van der Waals surface area contributed by atoms with Crippen molar-refractivity contribution in [2.24, 2.45) is 17.3 Å². The number of epoxide rings is 2. The third-order valence-electron chi connectivity index (χ3n) is 8.08. The molecule has 6 aliphatic rings. The normalized spacial score (nSPS) is 56.2. The van der Waals surface area contributed by atoms with Gasteiger partial charge in [0.25, 0.3) is 0 Å². The number of carbonyl (C=O) groups excluding carboxylic acids is 1. The molecule has 1 N–H and O–H groups in total. The second-order valence-electron chi connectivity index (χ2n) is 9.62. The van der Waals surface area contributed by atoms with Gasteiger partial charge in [0.05, 0.1) is 12.2 Å². The molecule has 0 bridgehead atoms. The van der Waals surface area contributed by atoms with Gasteiger partial charge in [0, 0.05) is 11.0 Å². The number of fused-ring (bicyclic) bond motifs is 2. The van der Waals surface area contributed by atoms with Crippen LogP contribution in [0.15, 0.2) is 11.1 Å². The highest BCUT2D eigenvalue weighted by Crippen LogP contribution is 2.78. The molecule has 0 aromatic rings. The highest BCUT2D eigenvalue weighted by atomic mass is 16.8. The predicted octanol–water partition coefficient (Wildman–Crippen LogP) is 1.70. The van der Waals surface area contributed by atoms with Gasteiger partial charge in [0.1, 0.15) is 18.3 Å². The first-order valence-electron chi connectivity index (χ1n) is 9.93. The van der Waals surface area contributed by atoms with Crippen molar-refractivity contribution in [3.8, 4) is 0 Å². The molecule has 0 amide bonds. The largest absolute Gasteiger partial charge is 0.458 e. The van der Waals surface area contributed by atoms with E-state index in [2.05, 4.69) is 20.8 Å². The number of cyclic esters (lactones) is 1. The molecule has 2 aliphatic carbocycles. The SMILES string of the molecule is CC(C)C[C@@H]1O[C@@H](O)[C@]23O[C@H]2C[C@H]2C4=C(CC[C@]2(C)[C@@]32O[C@@H]12)C(=O)OC4. The summed E-state index contributed by atoms with van der Waals surface area (Å²) in [7, 11) is 0. The molecule has 6 nitrogen and oxygen atoms in total. The van der Waals surface area contributed by atoms with Crippen LogP contribution in [0.1, 0.15) is 46.5 Å². The van der Waals surface area contributed by atoms with Crippen LogP contribution in [0.5, 0.6) is 0 Å². The molecule has 0 aromatic heterocycles. The van der Waals surface area contributed by atoms with Crippen molar-refractivity contribution >= 4 is 5.97 Å². The molecule has 6 rings (SSSR count). The maximum atomic E-state index is 12.1. The second-order valence-corrected chi connectivity index (χ2v) is 9.62. The summed E-state index contributed by atoms with van der Waals surface area (Å²) in [5.41, 5.74) is 0.628. The van der Waals surface area contributed by atoms with Gasteiger partial charge in [-0.2, -0.15) is 0 Å². The van der Waals surface area contributed by atoms with Gasteiger partial charge < -0.3 is 24.1 Å². The first-order valence-corrected chi connectivity index (χ1v) is 9.93. The number of aliphatic hydroxyl groups excluding tert-OH is 1. The van der Waals surface area contributed by atoms with E-state index in [1.54, 1.807) is 0 Å². The van der Waals surface area contributed by atoms with Crippen molar-refractivity contribution in [2.45, 2.75) is 82.3 Å². The van der Waals surface area contributed by atoms with Gasteiger partial charge in [0.15, 0.2) is 11.9 Å². The Morgan fingerprint density at radius 2 is 2.12 bits per heavy atom. The van der Waals surface area contributed by atoms with Crippen LogP contribution < -0.4 is 0 Å². The monoisotopic (exact) mass is 362 g/mol. The Labute approximate surface area is 152 Å². The van der Waals surface area contributed by atoms with Gasteiger partial charge in [-0.15, -0.1) is 0 Å². The Balaban J connectivity index is 1.45. The molecule has 6 heteroatoms. The molecule has 8 atom stereocenters. The number of esters is 1. The summed E-state index contributed by atoms with van der Waals surface area (Å²) in [6, 6.07) is 0. The molecule has 1 saturated carbocycles. The Bertz CT molecular complexity index is 745. The maximum Gasteiger partial charge on any atom is 0.334 e. The molecule has 0 radical (unpaired) electrons. The van der Waals surface area contributed by atoms with Gasteiger partial charge in [-0.25, -0.2) is 4.79 Å². The fourth-order valence-electron chi connectivity index (χ4n) is 6.88. The summed E-state index contributed by atoms with van der Waals surface area (Å²) in [4.78, 5) is 12.1. The number of hydrogen-bond acceptors (Lipinski definition) is 6. The molecular formula is C20H26O6. The van der Waals surface area contributed by atoms with Crippen molar-refractivity contribution in [2.75, 3.05) is 6.61 Å². The van der Waals surface area contributed by atoms with Crippen LogP contribution in [0.3, 0.4) is 0 Å². The second kappa shape index (κ2) is 4.54. The first-order chi connectivity index (χ1) is 12.3. The molecule has 4 heterocycles. The van der Waals surface area contributed by atoms with Crippen molar-refractivity contribution < 1.29 is 28.8 Å². The van der Waals surface area contributed by atoms with Gasteiger partial charge in [-0.05, 0) is 43.1 Å². The predicted molar refractivity (Wildman–Crippen MR) is 89.0 cm³/mol. The minimum Gasteiger partial charge on any atom is -0.458 e. The van der Waals surface area contributed by atoms with E-state index in [4.69, 9.17) is 18.9 Å². The lowest BCUT2D eigenvalue weighted by Crippen LogP contribution is -2.67. The van der Waals surface area contributed by atoms with Gasteiger partial charge in [-0.3, -0.25) is 0 Å². The molecule has 142 valence electrons. The molecule has 0 aromatic carbocycles. The standard InChI is InChI=1S/C20H26O6/c1-9(2)6-13-15-20(26-15)18(3)5-4-10-11(8-23-16(10)21)12(18)7-14-19(20,25-14)17(22)24-13/h9,12-15,17,22H,4-8H2,1-3H3/t12-,13-,14-,15-,17+,18-,19+,20+/m0/s1. The van der Waals surface area contributed by atoms with Crippen molar-refractivity contribution in [3.63, 3.8) is 0 Å². The van der Waals surface area contributed by atoms with E-state index in [1.807, 2.05) is 0 Å².